The maximum Gasteiger partial charge on any atom is 0.336 e. The lowest BCUT2D eigenvalue weighted by Crippen LogP contribution is -2.17. The summed E-state index contributed by atoms with van der Waals surface area (Å²) in [5.41, 5.74) is 0.267. The van der Waals surface area contributed by atoms with Crippen LogP contribution in [0.2, 0.25) is 10.0 Å². The zero-order chi connectivity index (χ0) is 21.8. The van der Waals surface area contributed by atoms with Crippen LogP contribution in [0.15, 0.2) is 41.5 Å². The van der Waals surface area contributed by atoms with E-state index in [1.165, 1.54) is 17.3 Å². The second-order valence-corrected chi connectivity index (χ2v) is 7.86. The molecular weight excluding hydrogens is 455 g/mol. The van der Waals surface area contributed by atoms with E-state index in [9.17, 15) is 18.7 Å². The molecule has 10 heteroatoms. The predicted octanol–water partition coefficient (Wildman–Crippen LogP) is 6.34. The van der Waals surface area contributed by atoms with Crippen LogP contribution in [0.1, 0.15) is 29.3 Å². The molecule has 0 atom stereocenters. The first-order valence-corrected chi connectivity index (χ1v) is 10.3. The first-order chi connectivity index (χ1) is 14.3. The molecule has 0 unspecified atom stereocenters. The Labute approximate surface area is 185 Å². The minimum absolute atomic E-state index is 0.00918. The van der Waals surface area contributed by atoms with Crippen molar-refractivity contribution in [3.63, 3.8) is 0 Å². The molecule has 0 spiro atoms. The van der Waals surface area contributed by atoms with Crippen molar-refractivity contribution in [1.29, 1.82) is 0 Å². The molecule has 0 amide bonds. The van der Waals surface area contributed by atoms with Crippen molar-refractivity contribution in [2.75, 3.05) is 11.6 Å². The molecule has 0 fully saturated rings. The quantitative estimate of drug-likeness (QED) is 0.323. The molecule has 0 bridgehead atoms. The molecule has 1 aromatic heterocycles. The molecule has 3 rings (SSSR count). The highest BCUT2D eigenvalue weighted by molar-refractivity contribution is 7.14. The van der Waals surface area contributed by atoms with Gasteiger partial charge in [-0.15, -0.1) is 0 Å². The number of aromatic nitrogens is 1. The number of hydrazone groups is 1. The average Bonchev–Trinajstić information content (AvgIpc) is 3.07. The van der Waals surface area contributed by atoms with Crippen LogP contribution in [0.3, 0.4) is 0 Å². The van der Waals surface area contributed by atoms with E-state index in [0.717, 1.165) is 23.5 Å². The van der Waals surface area contributed by atoms with Gasteiger partial charge >= 0.3 is 5.97 Å². The van der Waals surface area contributed by atoms with Gasteiger partial charge in [0, 0.05) is 17.7 Å². The number of thiazole rings is 1. The number of halogens is 4. The van der Waals surface area contributed by atoms with Gasteiger partial charge in [-0.1, -0.05) is 47.5 Å². The summed E-state index contributed by atoms with van der Waals surface area (Å²) in [6.45, 7) is 2.29. The van der Waals surface area contributed by atoms with Crippen LogP contribution >= 0.6 is 34.5 Å². The predicted molar refractivity (Wildman–Crippen MR) is 116 cm³/mol. The van der Waals surface area contributed by atoms with Gasteiger partial charge in [0.05, 0.1) is 21.8 Å². The molecule has 5 nitrogen and oxygen atoms in total. The second kappa shape index (κ2) is 9.51. The van der Waals surface area contributed by atoms with Crippen molar-refractivity contribution in [3.05, 3.63) is 68.5 Å². The Morgan fingerprint density at radius 2 is 1.97 bits per heavy atom. The Kier molecular flexibility index (Phi) is 7.02. The van der Waals surface area contributed by atoms with Gasteiger partial charge in [-0.3, -0.25) is 0 Å². The molecule has 0 aliphatic heterocycles. The number of carboxylic acids is 1. The molecule has 0 aliphatic rings. The number of carboxylic acid groups (broad SMARTS) is 1. The topological polar surface area (TPSA) is 65.8 Å². The highest BCUT2D eigenvalue weighted by Crippen LogP contribution is 2.39. The van der Waals surface area contributed by atoms with Crippen molar-refractivity contribution < 1.29 is 18.7 Å². The zero-order valence-electron chi connectivity index (χ0n) is 15.6. The number of aromatic carboxylic acids is 1. The normalized spacial score (nSPS) is 11.2. The van der Waals surface area contributed by atoms with Crippen LogP contribution in [0.25, 0.3) is 11.3 Å². The minimum atomic E-state index is -1.28. The summed E-state index contributed by atoms with van der Waals surface area (Å²) in [6.07, 6.45) is 1.94. The average molecular weight is 470 g/mol. The molecule has 0 aliphatic carbocycles. The fourth-order valence-electron chi connectivity index (χ4n) is 2.65. The van der Waals surface area contributed by atoms with Gasteiger partial charge < -0.3 is 5.11 Å². The van der Waals surface area contributed by atoms with E-state index in [0.29, 0.717) is 13.0 Å². The maximum absolute atomic E-state index is 14.7. The van der Waals surface area contributed by atoms with E-state index in [1.807, 2.05) is 6.92 Å². The SMILES string of the molecule is CCCN(/N=C/c1ccc(F)cc1C(=O)O)c1nc(-c2c(Cl)cccc2Cl)c(F)s1. The lowest BCUT2D eigenvalue weighted by atomic mass is 10.1. The molecular formula is C20H15Cl2F2N3O2S. The van der Waals surface area contributed by atoms with E-state index in [2.05, 4.69) is 10.1 Å². The third-order valence-electron chi connectivity index (χ3n) is 4.01. The van der Waals surface area contributed by atoms with Gasteiger partial charge in [-0.05, 0) is 36.8 Å². The van der Waals surface area contributed by atoms with Gasteiger partial charge in [-0.25, -0.2) is 19.2 Å². The summed E-state index contributed by atoms with van der Waals surface area (Å²) < 4.78 is 28.1. The number of nitrogens with zero attached hydrogens (tertiary/aromatic N) is 3. The summed E-state index contributed by atoms with van der Waals surface area (Å²) in [5, 5.41) is 15.2. The number of rotatable bonds is 7. The van der Waals surface area contributed by atoms with Crippen molar-refractivity contribution in [1.82, 2.24) is 4.98 Å². The Balaban J connectivity index is 1.99. The fourth-order valence-corrected chi connectivity index (χ4v) is 4.01. The summed E-state index contributed by atoms with van der Waals surface area (Å²) in [6, 6.07) is 8.18. The molecule has 30 heavy (non-hydrogen) atoms. The van der Waals surface area contributed by atoms with Crippen LogP contribution in [-0.4, -0.2) is 28.8 Å². The monoisotopic (exact) mass is 469 g/mol. The molecule has 0 saturated carbocycles. The lowest BCUT2D eigenvalue weighted by molar-refractivity contribution is 0.0696. The molecule has 2 aromatic carbocycles. The number of hydrogen-bond acceptors (Lipinski definition) is 5. The van der Waals surface area contributed by atoms with Crippen LogP contribution in [-0.2, 0) is 0 Å². The molecule has 0 saturated heterocycles. The number of carbonyl (C=O) groups is 1. The van der Waals surface area contributed by atoms with E-state index in [4.69, 9.17) is 23.2 Å². The Morgan fingerprint density at radius 1 is 1.27 bits per heavy atom. The van der Waals surface area contributed by atoms with Crippen LogP contribution in [0, 0.1) is 10.9 Å². The van der Waals surface area contributed by atoms with Crippen LogP contribution in [0.5, 0.6) is 0 Å². The Morgan fingerprint density at radius 3 is 2.60 bits per heavy atom. The summed E-state index contributed by atoms with van der Waals surface area (Å²) >= 11 is 13.1. The maximum atomic E-state index is 14.7. The molecule has 3 aromatic rings. The van der Waals surface area contributed by atoms with E-state index in [1.54, 1.807) is 18.2 Å². The number of anilines is 1. The zero-order valence-corrected chi connectivity index (χ0v) is 17.9. The van der Waals surface area contributed by atoms with Crippen molar-refractivity contribution in [3.8, 4) is 11.3 Å². The minimum Gasteiger partial charge on any atom is -0.478 e. The first kappa shape index (κ1) is 22.1. The molecule has 0 radical (unpaired) electrons. The van der Waals surface area contributed by atoms with E-state index >= 15 is 0 Å². The van der Waals surface area contributed by atoms with Gasteiger partial charge in [0.25, 0.3) is 0 Å². The first-order valence-electron chi connectivity index (χ1n) is 8.76. The second-order valence-electron chi connectivity index (χ2n) is 6.12. The highest BCUT2D eigenvalue weighted by atomic mass is 35.5. The summed E-state index contributed by atoms with van der Waals surface area (Å²) in [4.78, 5) is 15.7. The summed E-state index contributed by atoms with van der Waals surface area (Å²) in [5.74, 6) is -1.95. The van der Waals surface area contributed by atoms with Gasteiger partial charge in [0.1, 0.15) is 11.5 Å². The summed E-state index contributed by atoms with van der Waals surface area (Å²) in [7, 11) is 0. The van der Waals surface area contributed by atoms with Crippen LogP contribution in [0.4, 0.5) is 13.9 Å². The molecule has 1 heterocycles. The van der Waals surface area contributed by atoms with Crippen molar-refractivity contribution in [2.45, 2.75) is 13.3 Å². The molecule has 1 N–H and O–H groups in total. The van der Waals surface area contributed by atoms with Gasteiger partial charge in [0.2, 0.25) is 10.3 Å². The van der Waals surface area contributed by atoms with Crippen molar-refractivity contribution >= 4 is 51.9 Å². The fraction of sp³-hybridized carbons (Fsp3) is 0.150. The highest BCUT2D eigenvalue weighted by Gasteiger charge is 2.21. The largest absolute Gasteiger partial charge is 0.478 e. The standard InChI is InChI=1S/C20H15Cl2F2N3O2S/c1-2-8-27(25-10-11-6-7-12(23)9-13(11)19(28)29)20-26-17(18(24)30-20)16-14(21)4-3-5-15(16)22/h3-7,9-10H,2,8H2,1H3,(H,28,29)/b25-10+. The van der Waals surface area contributed by atoms with Gasteiger partial charge in [0.15, 0.2) is 0 Å². The smallest absolute Gasteiger partial charge is 0.336 e. The Bertz CT molecular complexity index is 1100. The lowest BCUT2D eigenvalue weighted by Gasteiger charge is -2.14. The number of hydrogen-bond donors (Lipinski definition) is 1. The molecule has 156 valence electrons. The number of benzene rings is 2. The van der Waals surface area contributed by atoms with Crippen molar-refractivity contribution in [2.24, 2.45) is 5.10 Å². The van der Waals surface area contributed by atoms with Gasteiger partial charge in [-0.2, -0.15) is 9.49 Å². The van der Waals surface area contributed by atoms with E-state index < -0.39 is 16.9 Å². The Hall–Kier alpha value is -2.55. The third-order valence-corrected chi connectivity index (χ3v) is 5.50. The third kappa shape index (κ3) is 4.77. The van der Waals surface area contributed by atoms with Crippen LogP contribution < -0.4 is 5.01 Å². The van der Waals surface area contributed by atoms with E-state index in [-0.39, 0.29) is 37.6 Å².